The first-order valence-corrected chi connectivity index (χ1v) is 7.53. The molecule has 0 saturated carbocycles. The minimum Gasteiger partial charge on any atom is -0.294 e. The lowest BCUT2D eigenvalue weighted by Gasteiger charge is -2.22. The third-order valence-electron chi connectivity index (χ3n) is 4.31. The summed E-state index contributed by atoms with van der Waals surface area (Å²) in [5.74, 6) is 0.428. The van der Waals surface area contributed by atoms with Crippen molar-refractivity contribution in [2.45, 2.75) is 18.8 Å². The van der Waals surface area contributed by atoms with Crippen molar-refractivity contribution in [3.05, 3.63) is 83.7 Å². The Bertz CT molecular complexity index is 806. The topological polar surface area (TPSA) is 34.9 Å². The zero-order valence-corrected chi connectivity index (χ0v) is 12.1. The van der Waals surface area contributed by atoms with E-state index in [9.17, 15) is 4.79 Å². The highest BCUT2D eigenvalue weighted by Crippen LogP contribution is 2.33. The molecule has 108 valence electrons. The summed E-state index contributed by atoms with van der Waals surface area (Å²) in [6, 6.07) is 20.3. The van der Waals surface area contributed by atoms with Crippen molar-refractivity contribution >= 4 is 5.78 Å². The van der Waals surface area contributed by atoms with Crippen LogP contribution in [-0.4, -0.2) is 15.6 Å². The maximum atomic E-state index is 12.5. The quantitative estimate of drug-likeness (QED) is 0.719. The number of nitrogens with zero attached hydrogens (tertiary/aromatic N) is 2. The number of benzene rings is 2. The van der Waals surface area contributed by atoms with Gasteiger partial charge in [0.1, 0.15) is 0 Å². The second kappa shape index (κ2) is 5.26. The fourth-order valence-electron chi connectivity index (χ4n) is 3.20. The van der Waals surface area contributed by atoms with Gasteiger partial charge in [0.2, 0.25) is 0 Å². The second-order valence-corrected chi connectivity index (χ2v) is 5.69. The van der Waals surface area contributed by atoms with Crippen LogP contribution in [-0.2, 0) is 6.42 Å². The molecule has 3 heteroatoms. The van der Waals surface area contributed by atoms with Crippen molar-refractivity contribution in [1.82, 2.24) is 9.78 Å². The molecule has 22 heavy (non-hydrogen) atoms. The van der Waals surface area contributed by atoms with E-state index in [2.05, 4.69) is 17.2 Å². The van der Waals surface area contributed by atoms with E-state index in [1.54, 1.807) is 6.20 Å². The average Bonchev–Trinajstić information content (AvgIpc) is 3.01. The van der Waals surface area contributed by atoms with Gasteiger partial charge in [0.25, 0.3) is 0 Å². The van der Waals surface area contributed by atoms with Gasteiger partial charge in [-0.05, 0) is 30.0 Å². The summed E-state index contributed by atoms with van der Waals surface area (Å²) < 4.78 is 1.91. The Morgan fingerprint density at radius 2 is 1.59 bits per heavy atom. The van der Waals surface area contributed by atoms with Gasteiger partial charge in [0.15, 0.2) is 5.78 Å². The lowest BCUT2D eigenvalue weighted by atomic mass is 9.82. The van der Waals surface area contributed by atoms with Crippen molar-refractivity contribution in [1.29, 1.82) is 0 Å². The summed E-state index contributed by atoms with van der Waals surface area (Å²) in [4.78, 5) is 12.5. The van der Waals surface area contributed by atoms with Crippen LogP contribution in [0, 0.1) is 0 Å². The van der Waals surface area contributed by atoms with Crippen LogP contribution in [0.4, 0.5) is 0 Å². The summed E-state index contributed by atoms with van der Waals surface area (Å²) in [6.45, 7) is 0. The van der Waals surface area contributed by atoms with Gasteiger partial charge < -0.3 is 0 Å². The minimum absolute atomic E-state index is 0.192. The summed E-state index contributed by atoms with van der Waals surface area (Å²) in [7, 11) is 0. The van der Waals surface area contributed by atoms with Gasteiger partial charge in [-0.25, -0.2) is 4.68 Å². The molecule has 4 rings (SSSR count). The highest BCUT2D eigenvalue weighted by Gasteiger charge is 2.29. The molecule has 0 unspecified atom stereocenters. The molecular formula is C19H16N2O. The standard InChI is InChI=1S/C19H16N2O/c22-19-12-15(14-7-3-1-4-8-14)11-18-17(19)13-20-21(18)16-9-5-2-6-10-16/h1-10,13,15H,11-12H2/t15-/m1/s1. The van der Waals surface area contributed by atoms with Crippen molar-refractivity contribution < 1.29 is 4.79 Å². The molecule has 0 bridgehead atoms. The molecule has 0 amide bonds. The number of carbonyl (C=O) groups is 1. The Morgan fingerprint density at radius 1 is 0.909 bits per heavy atom. The number of rotatable bonds is 2. The van der Waals surface area contributed by atoms with E-state index in [0.717, 1.165) is 23.4 Å². The first-order valence-electron chi connectivity index (χ1n) is 7.53. The molecule has 0 N–H and O–H groups in total. The van der Waals surface area contributed by atoms with E-state index in [4.69, 9.17) is 0 Å². The van der Waals surface area contributed by atoms with Crippen LogP contribution in [0.15, 0.2) is 66.9 Å². The van der Waals surface area contributed by atoms with Crippen LogP contribution in [0.2, 0.25) is 0 Å². The van der Waals surface area contributed by atoms with E-state index in [-0.39, 0.29) is 11.7 Å². The van der Waals surface area contributed by atoms with Crippen molar-refractivity contribution in [2.24, 2.45) is 0 Å². The molecule has 3 aromatic rings. The number of Topliss-reactive ketones (excluding diaryl/α,β-unsaturated/α-hetero) is 1. The number of ketones is 1. The highest BCUT2D eigenvalue weighted by molar-refractivity contribution is 5.98. The molecule has 1 aromatic heterocycles. The smallest absolute Gasteiger partial charge is 0.166 e. The van der Waals surface area contributed by atoms with E-state index >= 15 is 0 Å². The van der Waals surface area contributed by atoms with E-state index < -0.39 is 0 Å². The van der Waals surface area contributed by atoms with Gasteiger partial charge in [0.05, 0.1) is 23.1 Å². The predicted molar refractivity (Wildman–Crippen MR) is 85.4 cm³/mol. The van der Waals surface area contributed by atoms with Crippen LogP contribution in [0.25, 0.3) is 5.69 Å². The Balaban J connectivity index is 1.76. The summed E-state index contributed by atoms with van der Waals surface area (Å²) >= 11 is 0. The summed E-state index contributed by atoms with van der Waals surface area (Å²) in [6.07, 6.45) is 3.13. The van der Waals surface area contributed by atoms with Gasteiger partial charge in [-0.15, -0.1) is 0 Å². The Kier molecular flexibility index (Phi) is 3.11. The van der Waals surface area contributed by atoms with Crippen molar-refractivity contribution in [2.75, 3.05) is 0 Å². The summed E-state index contributed by atoms with van der Waals surface area (Å²) in [5, 5.41) is 4.44. The van der Waals surface area contributed by atoms with E-state index in [1.165, 1.54) is 5.56 Å². The lowest BCUT2D eigenvalue weighted by Crippen LogP contribution is -2.20. The molecular weight excluding hydrogens is 272 g/mol. The zero-order valence-electron chi connectivity index (χ0n) is 12.1. The fourth-order valence-corrected chi connectivity index (χ4v) is 3.20. The van der Waals surface area contributed by atoms with Crippen LogP contribution in [0.3, 0.4) is 0 Å². The average molecular weight is 288 g/mol. The predicted octanol–water partition coefficient (Wildman–Crippen LogP) is 3.79. The molecule has 0 saturated heterocycles. The number of hydrogen-bond acceptors (Lipinski definition) is 2. The molecule has 0 spiro atoms. The van der Waals surface area contributed by atoms with Gasteiger partial charge in [0, 0.05) is 6.42 Å². The molecule has 2 aromatic carbocycles. The highest BCUT2D eigenvalue weighted by atomic mass is 16.1. The van der Waals surface area contributed by atoms with E-state index in [0.29, 0.717) is 6.42 Å². The number of aromatic nitrogens is 2. The van der Waals surface area contributed by atoms with Crippen LogP contribution >= 0.6 is 0 Å². The van der Waals surface area contributed by atoms with Crippen LogP contribution in [0.5, 0.6) is 0 Å². The maximum absolute atomic E-state index is 12.5. The Labute approximate surface area is 129 Å². The molecule has 0 fully saturated rings. The van der Waals surface area contributed by atoms with E-state index in [1.807, 2.05) is 53.2 Å². The number of para-hydroxylation sites is 1. The number of fused-ring (bicyclic) bond motifs is 1. The Morgan fingerprint density at radius 3 is 2.32 bits per heavy atom. The van der Waals surface area contributed by atoms with Gasteiger partial charge in [-0.2, -0.15) is 5.10 Å². The van der Waals surface area contributed by atoms with Gasteiger partial charge >= 0.3 is 0 Å². The normalized spacial score (nSPS) is 17.3. The molecule has 1 heterocycles. The van der Waals surface area contributed by atoms with Crippen molar-refractivity contribution in [3.8, 4) is 5.69 Å². The molecule has 0 radical (unpaired) electrons. The first kappa shape index (κ1) is 13.0. The van der Waals surface area contributed by atoms with Crippen molar-refractivity contribution in [3.63, 3.8) is 0 Å². The lowest BCUT2D eigenvalue weighted by molar-refractivity contribution is 0.0964. The Hall–Kier alpha value is -2.68. The third kappa shape index (κ3) is 2.15. The zero-order chi connectivity index (χ0) is 14.9. The minimum atomic E-state index is 0.192. The fraction of sp³-hybridized carbons (Fsp3) is 0.158. The monoisotopic (exact) mass is 288 g/mol. The summed E-state index contributed by atoms with van der Waals surface area (Å²) in [5.41, 5.74) is 4.03. The van der Waals surface area contributed by atoms with Crippen LogP contribution in [0.1, 0.15) is 34.0 Å². The molecule has 0 aliphatic heterocycles. The molecule has 3 nitrogen and oxygen atoms in total. The SMILES string of the molecule is O=C1C[C@H](c2ccccc2)Cc2c1cnn2-c1ccccc1. The number of carbonyl (C=O) groups excluding carboxylic acids is 1. The number of hydrogen-bond donors (Lipinski definition) is 0. The van der Waals surface area contributed by atoms with Gasteiger partial charge in [-0.3, -0.25) is 4.79 Å². The largest absolute Gasteiger partial charge is 0.294 e. The molecule has 1 aliphatic rings. The molecule has 1 aliphatic carbocycles. The first-order chi connectivity index (χ1) is 10.8. The second-order valence-electron chi connectivity index (χ2n) is 5.69. The third-order valence-corrected chi connectivity index (χ3v) is 4.31. The van der Waals surface area contributed by atoms with Gasteiger partial charge in [-0.1, -0.05) is 48.5 Å². The van der Waals surface area contributed by atoms with Crippen LogP contribution < -0.4 is 0 Å². The molecule has 1 atom stereocenters. The maximum Gasteiger partial charge on any atom is 0.166 e.